The van der Waals surface area contributed by atoms with Crippen molar-refractivity contribution < 1.29 is 14.8 Å². The van der Waals surface area contributed by atoms with E-state index in [9.17, 15) is 15.2 Å². The van der Waals surface area contributed by atoms with Crippen molar-refractivity contribution in [3.63, 3.8) is 0 Å². The van der Waals surface area contributed by atoms with Gasteiger partial charge in [-0.1, -0.05) is 12.8 Å². The van der Waals surface area contributed by atoms with E-state index in [1.807, 2.05) is 0 Å². The Morgan fingerprint density at radius 2 is 2.16 bits per heavy atom. The summed E-state index contributed by atoms with van der Waals surface area (Å²) < 4.78 is 5.00. The maximum atomic E-state index is 11.1. The number of ether oxygens (including phenoxy) is 1. The Kier molecular flexibility index (Phi) is 3.90. The van der Waals surface area contributed by atoms with E-state index in [1.54, 1.807) is 12.1 Å². The SMILES string of the molecule is COc1ccc(NC2(CO)CCCC2)c([N+](=O)[O-])c1. The van der Waals surface area contributed by atoms with E-state index in [1.165, 1.54) is 13.2 Å². The zero-order chi connectivity index (χ0) is 13.9. The Labute approximate surface area is 111 Å². The van der Waals surface area contributed by atoms with E-state index < -0.39 is 10.5 Å². The minimum atomic E-state index is -0.440. The minimum Gasteiger partial charge on any atom is -0.496 e. The van der Waals surface area contributed by atoms with Crippen LogP contribution in [0.1, 0.15) is 25.7 Å². The highest BCUT2D eigenvalue weighted by atomic mass is 16.6. The first-order valence-corrected chi connectivity index (χ1v) is 6.32. The molecule has 0 unspecified atom stereocenters. The van der Waals surface area contributed by atoms with Gasteiger partial charge in [0, 0.05) is 0 Å². The number of aliphatic hydroxyl groups is 1. The first-order chi connectivity index (χ1) is 9.10. The molecule has 104 valence electrons. The van der Waals surface area contributed by atoms with Gasteiger partial charge in [0.2, 0.25) is 0 Å². The molecule has 0 aliphatic heterocycles. The number of nitrogens with zero attached hydrogens (tertiary/aromatic N) is 1. The molecule has 6 heteroatoms. The Bertz CT molecular complexity index is 470. The third kappa shape index (κ3) is 2.78. The largest absolute Gasteiger partial charge is 0.496 e. The van der Waals surface area contributed by atoms with Gasteiger partial charge in [-0.3, -0.25) is 10.1 Å². The summed E-state index contributed by atoms with van der Waals surface area (Å²) in [4.78, 5) is 10.7. The number of nitro groups is 1. The number of hydrogen-bond acceptors (Lipinski definition) is 5. The molecule has 0 radical (unpaired) electrons. The van der Waals surface area contributed by atoms with Crippen molar-refractivity contribution in [3.05, 3.63) is 28.3 Å². The van der Waals surface area contributed by atoms with Crippen LogP contribution in [-0.4, -0.2) is 29.3 Å². The first kappa shape index (κ1) is 13.6. The van der Waals surface area contributed by atoms with Crippen molar-refractivity contribution in [2.45, 2.75) is 31.2 Å². The average molecular weight is 266 g/mol. The summed E-state index contributed by atoms with van der Waals surface area (Å²) in [5, 5.41) is 23.8. The summed E-state index contributed by atoms with van der Waals surface area (Å²) in [6, 6.07) is 4.70. The second-order valence-corrected chi connectivity index (χ2v) is 4.91. The van der Waals surface area contributed by atoms with Gasteiger partial charge in [-0.15, -0.1) is 0 Å². The molecule has 0 amide bonds. The molecule has 1 fully saturated rings. The molecule has 19 heavy (non-hydrogen) atoms. The topological polar surface area (TPSA) is 84.6 Å². The lowest BCUT2D eigenvalue weighted by Gasteiger charge is -2.29. The Balaban J connectivity index is 2.31. The number of nitrogens with one attached hydrogen (secondary N) is 1. The quantitative estimate of drug-likeness (QED) is 0.631. The molecule has 0 saturated heterocycles. The van der Waals surface area contributed by atoms with Gasteiger partial charge >= 0.3 is 0 Å². The molecule has 6 nitrogen and oxygen atoms in total. The van der Waals surface area contributed by atoms with Crippen LogP contribution >= 0.6 is 0 Å². The second kappa shape index (κ2) is 5.44. The Hall–Kier alpha value is -1.82. The zero-order valence-electron chi connectivity index (χ0n) is 10.9. The van der Waals surface area contributed by atoms with Crippen molar-refractivity contribution in [2.75, 3.05) is 19.0 Å². The maximum Gasteiger partial charge on any atom is 0.296 e. The normalized spacial score (nSPS) is 17.2. The minimum absolute atomic E-state index is 0.0177. The number of benzene rings is 1. The van der Waals surface area contributed by atoms with E-state index in [4.69, 9.17) is 4.74 Å². The molecule has 1 saturated carbocycles. The van der Waals surface area contributed by atoms with Crippen molar-refractivity contribution in [1.29, 1.82) is 0 Å². The summed E-state index contributed by atoms with van der Waals surface area (Å²) in [6.45, 7) is -0.0177. The summed E-state index contributed by atoms with van der Waals surface area (Å²) in [6.07, 6.45) is 3.70. The van der Waals surface area contributed by atoms with Gasteiger partial charge in [-0.2, -0.15) is 0 Å². The van der Waals surface area contributed by atoms with Gasteiger partial charge in [0.25, 0.3) is 5.69 Å². The third-order valence-corrected chi connectivity index (χ3v) is 3.66. The maximum absolute atomic E-state index is 11.1. The van der Waals surface area contributed by atoms with E-state index in [2.05, 4.69) is 5.32 Å². The van der Waals surface area contributed by atoms with E-state index in [-0.39, 0.29) is 12.3 Å². The number of nitro benzene ring substituents is 1. The lowest BCUT2D eigenvalue weighted by molar-refractivity contribution is -0.384. The lowest BCUT2D eigenvalue weighted by Crippen LogP contribution is -2.39. The molecular formula is C13H18N2O4. The van der Waals surface area contributed by atoms with Crippen molar-refractivity contribution in [1.82, 2.24) is 0 Å². The monoisotopic (exact) mass is 266 g/mol. The zero-order valence-corrected chi connectivity index (χ0v) is 10.9. The summed E-state index contributed by atoms with van der Waals surface area (Å²) in [5.41, 5.74) is -0.0277. The summed E-state index contributed by atoms with van der Waals surface area (Å²) in [5.74, 6) is 0.446. The molecule has 2 N–H and O–H groups in total. The molecule has 0 spiro atoms. The molecule has 1 aromatic carbocycles. The summed E-state index contributed by atoms with van der Waals surface area (Å²) >= 11 is 0. The highest BCUT2D eigenvalue weighted by Gasteiger charge is 2.34. The van der Waals surface area contributed by atoms with Crippen LogP contribution in [0, 0.1) is 10.1 Å². The van der Waals surface area contributed by atoms with Gasteiger partial charge in [0.15, 0.2) is 0 Å². The Morgan fingerprint density at radius 1 is 1.47 bits per heavy atom. The van der Waals surface area contributed by atoms with E-state index in [0.29, 0.717) is 11.4 Å². The van der Waals surface area contributed by atoms with Crippen LogP contribution in [0.2, 0.25) is 0 Å². The van der Waals surface area contributed by atoms with E-state index in [0.717, 1.165) is 25.7 Å². The molecule has 0 aromatic heterocycles. The fraction of sp³-hybridized carbons (Fsp3) is 0.538. The standard InChI is InChI=1S/C13H18N2O4/c1-19-10-4-5-11(12(8-10)15(17)18)14-13(9-16)6-2-3-7-13/h4-5,8,14,16H,2-3,6-7,9H2,1H3. The van der Waals surface area contributed by atoms with E-state index >= 15 is 0 Å². The van der Waals surface area contributed by atoms with Crippen molar-refractivity contribution >= 4 is 11.4 Å². The van der Waals surface area contributed by atoms with Gasteiger partial charge in [0.1, 0.15) is 11.4 Å². The van der Waals surface area contributed by atoms with Crippen LogP contribution in [0.25, 0.3) is 0 Å². The summed E-state index contributed by atoms with van der Waals surface area (Å²) in [7, 11) is 1.47. The number of anilines is 1. The highest BCUT2D eigenvalue weighted by molar-refractivity contribution is 5.65. The number of methoxy groups -OCH3 is 1. The molecule has 0 atom stereocenters. The predicted octanol–water partition coefficient (Wildman–Crippen LogP) is 2.32. The Morgan fingerprint density at radius 3 is 2.68 bits per heavy atom. The number of hydrogen-bond donors (Lipinski definition) is 2. The highest BCUT2D eigenvalue weighted by Crippen LogP contribution is 2.37. The number of aliphatic hydroxyl groups excluding tert-OH is 1. The molecule has 1 aromatic rings. The second-order valence-electron chi connectivity index (χ2n) is 4.91. The molecular weight excluding hydrogens is 248 g/mol. The van der Waals surface area contributed by atoms with Gasteiger partial charge in [-0.05, 0) is 25.0 Å². The molecule has 1 aliphatic carbocycles. The van der Waals surface area contributed by atoms with Gasteiger partial charge in [0.05, 0.1) is 30.2 Å². The fourth-order valence-electron chi connectivity index (χ4n) is 2.56. The van der Waals surface area contributed by atoms with Crippen LogP contribution in [0.3, 0.4) is 0 Å². The van der Waals surface area contributed by atoms with Gasteiger partial charge < -0.3 is 15.2 Å². The van der Waals surface area contributed by atoms with Gasteiger partial charge in [-0.25, -0.2) is 0 Å². The first-order valence-electron chi connectivity index (χ1n) is 6.32. The molecule has 0 heterocycles. The van der Waals surface area contributed by atoms with Crippen molar-refractivity contribution in [3.8, 4) is 5.75 Å². The average Bonchev–Trinajstić information content (AvgIpc) is 2.88. The third-order valence-electron chi connectivity index (χ3n) is 3.66. The van der Waals surface area contributed by atoms with Crippen LogP contribution in [0.5, 0.6) is 5.75 Å². The van der Waals surface area contributed by atoms with Crippen LogP contribution in [0.15, 0.2) is 18.2 Å². The fourth-order valence-corrected chi connectivity index (χ4v) is 2.56. The smallest absolute Gasteiger partial charge is 0.296 e. The van der Waals surface area contributed by atoms with Crippen LogP contribution in [0.4, 0.5) is 11.4 Å². The number of rotatable bonds is 5. The molecule has 1 aliphatic rings. The van der Waals surface area contributed by atoms with Crippen molar-refractivity contribution in [2.24, 2.45) is 0 Å². The lowest BCUT2D eigenvalue weighted by atomic mass is 9.98. The predicted molar refractivity (Wildman–Crippen MR) is 71.6 cm³/mol. The van der Waals surface area contributed by atoms with Crippen LogP contribution < -0.4 is 10.1 Å². The molecule has 0 bridgehead atoms. The van der Waals surface area contributed by atoms with Crippen LogP contribution in [-0.2, 0) is 0 Å². The molecule has 2 rings (SSSR count).